The van der Waals surface area contributed by atoms with Crippen LogP contribution in [-0.2, 0) is 14.3 Å². The van der Waals surface area contributed by atoms with Gasteiger partial charge in [-0.2, -0.15) is 0 Å². The number of nitrogens with one attached hydrogen (secondary N) is 2. The molecule has 92 valence electrons. The lowest BCUT2D eigenvalue weighted by molar-refractivity contribution is -0.132. The van der Waals surface area contributed by atoms with Gasteiger partial charge in [0.15, 0.2) is 6.29 Å². The molecule has 1 rings (SSSR count). The van der Waals surface area contributed by atoms with Crippen molar-refractivity contribution in [1.82, 2.24) is 10.6 Å². The van der Waals surface area contributed by atoms with Gasteiger partial charge in [-0.3, -0.25) is 4.79 Å². The zero-order valence-corrected chi connectivity index (χ0v) is 9.91. The van der Waals surface area contributed by atoms with Crippen LogP contribution in [-0.4, -0.2) is 38.5 Å². The Morgan fingerprint density at radius 2 is 2.12 bits per heavy atom. The van der Waals surface area contributed by atoms with Crippen LogP contribution in [0.5, 0.6) is 0 Å². The molecule has 0 spiro atoms. The average Bonchev–Trinajstić information content (AvgIpc) is 2.27. The molecule has 0 bridgehead atoms. The van der Waals surface area contributed by atoms with Gasteiger partial charge in [0.05, 0.1) is 6.54 Å². The number of hydrogen-bond donors (Lipinski definition) is 2. The van der Waals surface area contributed by atoms with E-state index in [0.29, 0.717) is 26.3 Å². The van der Waals surface area contributed by atoms with Crippen LogP contribution >= 0.6 is 0 Å². The summed E-state index contributed by atoms with van der Waals surface area (Å²) in [5.41, 5.74) is 0.938. The van der Waals surface area contributed by atoms with Gasteiger partial charge in [-0.15, -0.1) is 0 Å². The molecule has 0 radical (unpaired) electrons. The van der Waals surface area contributed by atoms with E-state index in [-0.39, 0.29) is 12.2 Å². The first-order chi connectivity index (χ1) is 7.76. The first-order valence-electron chi connectivity index (χ1n) is 5.71. The monoisotopic (exact) mass is 228 g/mol. The Hall–Kier alpha value is -1.07. The lowest BCUT2D eigenvalue weighted by Crippen LogP contribution is -2.35. The topological polar surface area (TPSA) is 59.6 Å². The molecule has 1 aliphatic heterocycles. The zero-order valence-electron chi connectivity index (χ0n) is 9.91. The molecule has 2 N–H and O–H groups in total. The largest absolute Gasteiger partial charge is 0.383 e. The zero-order chi connectivity index (χ0) is 11.8. The summed E-state index contributed by atoms with van der Waals surface area (Å²) in [5.74, 6) is -0.0434. The smallest absolute Gasteiger partial charge is 0.245 e. The van der Waals surface area contributed by atoms with E-state index >= 15 is 0 Å². The van der Waals surface area contributed by atoms with E-state index in [0.717, 1.165) is 12.1 Å². The van der Waals surface area contributed by atoms with Gasteiger partial charge in [0.25, 0.3) is 0 Å². The van der Waals surface area contributed by atoms with Crippen LogP contribution in [0.1, 0.15) is 20.3 Å². The van der Waals surface area contributed by atoms with Crippen LogP contribution in [0.4, 0.5) is 0 Å². The molecular weight excluding hydrogens is 208 g/mol. The van der Waals surface area contributed by atoms with E-state index in [2.05, 4.69) is 10.6 Å². The maximum atomic E-state index is 11.1. The summed E-state index contributed by atoms with van der Waals surface area (Å²) in [6.45, 7) is 6.35. The summed E-state index contributed by atoms with van der Waals surface area (Å²) in [4.78, 5) is 11.1. The number of amides is 1. The molecule has 0 aliphatic carbocycles. The van der Waals surface area contributed by atoms with Crippen LogP contribution in [0.2, 0.25) is 0 Å². The molecule has 1 aliphatic rings. The molecule has 0 aromatic rings. The normalized spacial score (nSPS) is 15.9. The molecule has 0 aromatic heterocycles. The fraction of sp³-hybridized carbons (Fsp3) is 0.727. The summed E-state index contributed by atoms with van der Waals surface area (Å²) in [7, 11) is 0. The van der Waals surface area contributed by atoms with Crippen molar-refractivity contribution in [2.75, 3.05) is 26.3 Å². The Morgan fingerprint density at radius 3 is 2.69 bits per heavy atom. The number of carbonyl (C=O) groups excluding carboxylic acids is 1. The average molecular weight is 228 g/mol. The third-order valence-electron chi connectivity index (χ3n) is 2.20. The second-order valence-electron chi connectivity index (χ2n) is 3.43. The second kappa shape index (κ2) is 7.24. The van der Waals surface area contributed by atoms with E-state index < -0.39 is 0 Å². The fourth-order valence-electron chi connectivity index (χ4n) is 1.49. The standard InChI is InChI=1S/C11H20N2O3/c1-3-15-11(16-4-2)8-13-9-5-6-12-10(14)7-9/h7,11,13H,3-6,8H2,1-2H3,(H,12,14). The number of hydrogen-bond acceptors (Lipinski definition) is 4. The summed E-state index contributed by atoms with van der Waals surface area (Å²) in [6.07, 6.45) is 2.16. The van der Waals surface area contributed by atoms with Crippen molar-refractivity contribution in [1.29, 1.82) is 0 Å². The Labute approximate surface area is 96.2 Å². The van der Waals surface area contributed by atoms with E-state index in [4.69, 9.17) is 9.47 Å². The Balaban J connectivity index is 2.33. The maximum absolute atomic E-state index is 11.1. The molecule has 1 heterocycles. The fourth-order valence-corrected chi connectivity index (χ4v) is 1.49. The third kappa shape index (κ3) is 4.63. The van der Waals surface area contributed by atoms with Crippen LogP contribution < -0.4 is 10.6 Å². The number of rotatable bonds is 7. The molecule has 0 fully saturated rings. The highest BCUT2D eigenvalue weighted by Gasteiger charge is 2.11. The Morgan fingerprint density at radius 1 is 1.44 bits per heavy atom. The van der Waals surface area contributed by atoms with Crippen molar-refractivity contribution < 1.29 is 14.3 Å². The minimum absolute atomic E-state index is 0.0434. The highest BCUT2D eigenvalue weighted by atomic mass is 16.7. The first kappa shape index (κ1) is 13.0. The first-order valence-corrected chi connectivity index (χ1v) is 5.71. The summed E-state index contributed by atoms with van der Waals surface area (Å²) in [6, 6.07) is 0. The van der Waals surface area contributed by atoms with E-state index in [1.54, 1.807) is 6.08 Å². The van der Waals surface area contributed by atoms with Gasteiger partial charge in [0, 0.05) is 38.0 Å². The van der Waals surface area contributed by atoms with Crippen molar-refractivity contribution in [3.8, 4) is 0 Å². The number of ether oxygens (including phenoxy) is 2. The van der Waals surface area contributed by atoms with Crippen LogP contribution in [0, 0.1) is 0 Å². The molecular formula is C11H20N2O3. The van der Waals surface area contributed by atoms with E-state index in [1.807, 2.05) is 13.8 Å². The minimum Gasteiger partial charge on any atom is -0.383 e. The molecule has 5 heteroatoms. The lowest BCUT2D eigenvalue weighted by Gasteiger charge is -2.21. The highest BCUT2D eigenvalue weighted by Crippen LogP contribution is 2.02. The van der Waals surface area contributed by atoms with Crippen LogP contribution in [0.25, 0.3) is 0 Å². The van der Waals surface area contributed by atoms with Crippen molar-refractivity contribution in [2.45, 2.75) is 26.6 Å². The van der Waals surface area contributed by atoms with Gasteiger partial charge in [-0.25, -0.2) is 0 Å². The third-order valence-corrected chi connectivity index (χ3v) is 2.20. The van der Waals surface area contributed by atoms with Crippen molar-refractivity contribution in [3.63, 3.8) is 0 Å². The van der Waals surface area contributed by atoms with E-state index in [9.17, 15) is 4.79 Å². The molecule has 0 saturated carbocycles. The van der Waals surface area contributed by atoms with Crippen molar-refractivity contribution in [2.24, 2.45) is 0 Å². The molecule has 5 nitrogen and oxygen atoms in total. The van der Waals surface area contributed by atoms with Crippen molar-refractivity contribution >= 4 is 5.91 Å². The molecule has 16 heavy (non-hydrogen) atoms. The van der Waals surface area contributed by atoms with Gasteiger partial charge < -0.3 is 20.1 Å². The molecule has 1 amide bonds. The van der Waals surface area contributed by atoms with Gasteiger partial charge in [-0.05, 0) is 13.8 Å². The minimum atomic E-state index is -0.249. The van der Waals surface area contributed by atoms with Crippen molar-refractivity contribution in [3.05, 3.63) is 11.8 Å². The maximum Gasteiger partial charge on any atom is 0.245 e. The van der Waals surface area contributed by atoms with Crippen LogP contribution in [0.15, 0.2) is 11.8 Å². The summed E-state index contributed by atoms with van der Waals surface area (Å²) >= 11 is 0. The Kier molecular flexibility index (Phi) is 5.88. The van der Waals surface area contributed by atoms with Gasteiger partial charge in [-0.1, -0.05) is 0 Å². The van der Waals surface area contributed by atoms with Gasteiger partial charge >= 0.3 is 0 Å². The predicted octanol–water partition coefficient (Wildman–Crippen LogP) is 0.379. The number of carbonyl (C=O) groups is 1. The SMILES string of the molecule is CCOC(CNC1=CC(=O)NCC1)OCC. The molecule has 0 saturated heterocycles. The highest BCUT2D eigenvalue weighted by molar-refractivity contribution is 5.88. The van der Waals surface area contributed by atoms with Gasteiger partial charge in [0.1, 0.15) is 0 Å². The lowest BCUT2D eigenvalue weighted by atomic mass is 10.2. The van der Waals surface area contributed by atoms with Crippen LogP contribution in [0.3, 0.4) is 0 Å². The van der Waals surface area contributed by atoms with E-state index in [1.165, 1.54) is 0 Å². The summed E-state index contributed by atoms with van der Waals surface area (Å²) in [5, 5.41) is 5.90. The van der Waals surface area contributed by atoms with Gasteiger partial charge in [0.2, 0.25) is 5.91 Å². The summed E-state index contributed by atoms with van der Waals surface area (Å²) < 4.78 is 10.8. The Bertz CT molecular complexity index is 248. The second-order valence-corrected chi connectivity index (χ2v) is 3.43. The molecule has 0 aromatic carbocycles. The quantitative estimate of drug-likeness (QED) is 0.618. The molecule has 0 atom stereocenters. The predicted molar refractivity (Wildman–Crippen MR) is 60.8 cm³/mol. The molecule has 0 unspecified atom stereocenters.